The molecule has 1 rings (SSSR count). The van der Waals surface area contributed by atoms with E-state index in [0.717, 1.165) is 36.8 Å². The second-order valence-electron chi connectivity index (χ2n) is 3.48. The highest BCUT2D eigenvalue weighted by Gasteiger charge is 2.07. The van der Waals surface area contributed by atoms with Gasteiger partial charge < -0.3 is 10.2 Å². The molecule has 0 aliphatic heterocycles. The van der Waals surface area contributed by atoms with Gasteiger partial charge in [0.25, 0.3) is 0 Å². The highest BCUT2D eigenvalue weighted by molar-refractivity contribution is 5.32. The standard InChI is InChI=1S/C11H20N4/c1-5-15(6-2)11-13-8-10(7-12-4)9(3)14-11/h8,12H,5-7H2,1-4H3. The summed E-state index contributed by atoms with van der Waals surface area (Å²) >= 11 is 0. The quantitative estimate of drug-likeness (QED) is 0.793. The zero-order valence-corrected chi connectivity index (χ0v) is 10.0. The average Bonchev–Trinajstić information content (AvgIpc) is 2.24. The Morgan fingerprint density at radius 1 is 1.33 bits per heavy atom. The molecule has 1 aromatic rings. The molecule has 0 atom stereocenters. The summed E-state index contributed by atoms with van der Waals surface area (Å²) in [6, 6.07) is 0. The second-order valence-corrected chi connectivity index (χ2v) is 3.48. The third kappa shape index (κ3) is 2.89. The molecule has 0 saturated heterocycles. The van der Waals surface area contributed by atoms with Crippen LogP contribution in [-0.2, 0) is 6.54 Å². The molecule has 4 nitrogen and oxygen atoms in total. The number of anilines is 1. The van der Waals surface area contributed by atoms with E-state index in [-0.39, 0.29) is 0 Å². The lowest BCUT2D eigenvalue weighted by atomic mass is 10.2. The molecule has 4 heteroatoms. The summed E-state index contributed by atoms with van der Waals surface area (Å²) in [6.45, 7) is 8.97. The number of hydrogen-bond donors (Lipinski definition) is 1. The van der Waals surface area contributed by atoms with Crippen molar-refractivity contribution in [2.45, 2.75) is 27.3 Å². The highest BCUT2D eigenvalue weighted by atomic mass is 15.2. The average molecular weight is 208 g/mol. The maximum Gasteiger partial charge on any atom is 0.225 e. The van der Waals surface area contributed by atoms with Crippen LogP contribution < -0.4 is 10.2 Å². The lowest BCUT2D eigenvalue weighted by molar-refractivity contribution is 0.776. The van der Waals surface area contributed by atoms with Crippen LogP contribution in [0.5, 0.6) is 0 Å². The molecule has 0 amide bonds. The highest BCUT2D eigenvalue weighted by Crippen LogP contribution is 2.10. The number of aromatic nitrogens is 2. The second kappa shape index (κ2) is 5.66. The van der Waals surface area contributed by atoms with Crippen LogP contribution in [0.15, 0.2) is 6.20 Å². The van der Waals surface area contributed by atoms with Crippen LogP contribution in [0.4, 0.5) is 5.95 Å². The van der Waals surface area contributed by atoms with Gasteiger partial charge in [0, 0.05) is 37.1 Å². The van der Waals surface area contributed by atoms with Gasteiger partial charge in [-0.05, 0) is 27.8 Å². The lowest BCUT2D eigenvalue weighted by Crippen LogP contribution is -2.24. The molecule has 15 heavy (non-hydrogen) atoms. The van der Waals surface area contributed by atoms with Crippen LogP contribution in [0.1, 0.15) is 25.1 Å². The van der Waals surface area contributed by atoms with Crippen molar-refractivity contribution in [1.29, 1.82) is 0 Å². The van der Waals surface area contributed by atoms with Gasteiger partial charge in [-0.1, -0.05) is 0 Å². The van der Waals surface area contributed by atoms with Crippen molar-refractivity contribution in [2.24, 2.45) is 0 Å². The first-order valence-electron chi connectivity index (χ1n) is 5.45. The van der Waals surface area contributed by atoms with E-state index < -0.39 is 0 Å². The lowest BCUT2D eigenvalue weighted by Gasteiger charge is -2.19. The van der Waals surface area contributed by atoms with E-state index in [2.05, 4.69) is 34.0 Å². The molecule has 0 aliphatic carbocycles. The van der Waals surface area contributed by atoms with Crippen LogP contribution in [0, 0.1) is 6.92 Å². The molecule has 0 aliphatic rings. The van der Waals surface area contributed by atoms with Gasteiger partial charge in [0.2, 0.25) is 5.95 Å². The van der Waals surface area contributed by atoms with Gasteiger partial charge in [0.05, 0.1) is 0 Å². The molecule has 84 valence electrons. The zero-order valence-electron chi connectivity index (χ0n) is 10.0. The van der Waals surface area contributed by atoms with Crippen LogP contribution in [0.2, 0.25) is 0 Å². The summed E-state index contributed by atoms with van der Waals surface area (Å²) in [5.74, 6) is 0.831. The van der Waals surface area contributed by atoms with E-state index in [1.807, 2.05) is 20.2 Å². The minimum atomic E-state index is 0.824. The number of nitrogens with zero attached hydrogens (tertiary/aromatic N) is 3. The Bertz CT molecular complexity index is 307. The molecule has 1 N–H and O–H groups in total. The van der Waals surface area contributed by atoms with Gasteiger partial charge in [-0.3, -0.25) is 0 Å². The van der Waals surface area contributed by atoms with Crippen molar-refractivity contribution in [3.05, 3.63) is 17.5 Å². The van der Waals surface area contributed by atoms with Crippen molar-refractivity contribution in [3.63, 3.8) is 0 Å². The minimum Gasteiger partial charge on any atom is -0.341 e. The van der Waals surface area contributed by atoms with Crippen LogP contribution in [0.3, 0.4) is 0 Å². The van der Waals surface area contributed by atoms with Gasteiger partial charge >= 0.3 is 0 Å². The molecule has 1 aromatic heterocycles. The smallest absolute Gasteiger partial charge is 0.225 e. The summed E-state index contributed by atoms with van der Waals surface area (Å²) in [5.41, 5.74) is 2.22. The van der Waals surface area contributed by atoms with Crippen LogP contribution in [0.25, 0.3) is 0 Å². The summed E-state index contributed by atoms with van der Waals surface area (Å²) in [6.07, 6.45) is 1.91. The predicted molar refractivity (Wildman–Crippen MR) is 63.1 cm³/mol. The van der Waals surface area contributed by atoms with Crippen molar-refractivity contribution in [2.75, 3.05) is 25.0 Å². The summed E-state index contributed by atoms with van der Waals surface area (Å²) in [7, 11) is 1.93. The Morgan fingerprint density at radius 2 is 2.00 bits per heavy atom. The van der Waals surface area contributed by atoms with E-state index >= 15 is 0 Å². The van der Waals surface area contributed by atoms with Crippen LogP contribution in [-0.4, -0.2) is 30.1 Å². The Balaban J connectivity index is 2.89. The van der Waals surface area contributed by atoms with Gasteiger partial charge in [-0.25, -0.2) is 9.97 Å². The third-order valence-electron chi connectivity index (χ3n) is 2.48. The maximum absolute atomic E-state index is 4.51. The fraction of sp³-hybridized carbons (Fsp3) is 0.636. The Labute approximate surface area is 91.7 Å². The van der Waals surface area contributed by atoms with Gasteiger partial charge in [0.1, 0.15) is 0 Å². The van der Waals surface area contributed by atoms with E-state index in [1.165, 1.54) is 0 Å². The van der Waals surface area contributed by atoms with E-state index in [1.54, 1.807) is 0 Å². The largest absolute Gasteiger partial charge is 0.341 e. The minimum absolute atomic E-state index is 0.824. The summed E-state index contributed by atoms with van der Waals surface area (Å²) in [5, 5.41) is 3.11. The Kier molecular flexibility index (Phi) is 4.49. The Hall–Kier alpha value is -1.16. The third-order valence-corrected chi connectivity index (χ3v) is 2.48. The summed E-state index contributed by atoms with van der Waals surface area (Å²) < 4.78 is 0. The summed E-state index contributed by atoms with van der Waals surface area (Å²) in [4.78, 5) is 11.0. The van der Waals surface area contributed by atoms with E-state index in [9.17, 15) is 0 Å². The molecular formula is C11H20N4. The van der Waals surface area contributed by atoms with Crippen molar-refractivity contribution in [3.8, 4) is 0 Å². The van der Waals surface area contributed by atoms with Gasteiger partial charge in [-0.2, -0.15) is 0 Å². The molecule has 0 radical (unpaired) electrons. The van der Waals surface area contributed by atoms with Crippen molar-refractivity contribution in [1.82, 2.24) is 15.3 Å². The molecule has 0 unspecified atom stereocenters. The van der Waals surface area contributed by atoms with E-state index in [4.69, 9.17) is 0 Å². The predicted octanol–water partition coefficient (Wildman–Crippen LogP) is 1.35. The van der Waals surface area contributed by atoms with Crippen molar-refractivity contribution < 1.29 is 0 Å². The van der Waals surface area contributed by atoms with Gasteiger partial charge in [0.15, 0.2) is 0 Å². The molecular weight excluding hydrogens is 188 g/mol. The topological polar surface area (TPSA) is 41.1 Å². The monoisotopic (exact) mass is 208 g/mol. The first kappa shape index (κ1) is 11.9. The molecule has 0 bridgehead atoms. The maximum atomic E-state index is 4.51. The first-order valence-corrected chi connectivity index (χ1v) is 5.45. The Morgan fingerprint density at radius 3 is 2.47 bits per heavy atom. The SMILES string of the molecule is CCN(CC)c1ncc(CNC)c(C)n1. The molecule has 0 saturated carbocycles. The number of aryl methyl sites for hydroxylation is 1. The van der Waals surface area contributed by atoms with Crippen LogP contribution >= 0.6 is 0 Å². The number of hydrogen-bond acceptors (Lipinski definition) is 4. The van der Waals surface area contributed by atoms with E-state index in [0.29, 0.717) is 0 Å². The van der Waals surface area contributed by atoms with Crippen molar-refractivity contribution >= 4 is 5.95 Å². The first-order chi connectivity index (χ1) is 7.22. The fourth-order valence-corrected chi connectivity index (χ4v) is 1.50. The zero-order chi connectivity index (χ0) is 11.3. The number of nitrogens with one attached hydrogen (secondary N) is 1. The molecule has 0 aromatic carbocycles. The number of rotatable bonds is 5. The molecule has 0 fully saturated rings. The van der Waals surface area contributed by atoms with Gasteiger partial charge in [-0.15, -0.1) is 0 Å². The molecule has 0 spiro atoms. The molecule has 1 heterocycles. The normalized spacial score (nSPS) is 10.4. The fourth-order valence-electron chi connectivity index (χ4n) is 1.50.